The molecule has 1 aromatic rings. The van der Waals surface area contributed by atoms with Crippen LogP contribution in [-0.4, -0.2) is 24.4 Å². The van der Waals surface area contributed by atoms with Gasteiger partial charge in [-0.2, -0.15) is 0 Å². The lowest BCUT2D eigenvalue weighted by atomic mass is 10.1. The van der Waals surface area contributed by atoms with E-state index in [1.807, 2.05) is 37.3 Å². The monoisotopic (exact) mass is 234 g/mol. The number of likely N-dealkylation sites (N-methyl/N-ethyl adjacent to an activating group) is 1. The molecule has 0 saturated carbocycles. The van der Waals surface area contributed by atoms with Crippen LogP contribution in [0.4, 0.5) is 0 Å². The lowest BCUT2D eigenvalue weighted by molar-refractivity contribution is -0.128. The molecule has 0 aromatic heterocycles. The summed E-state index contributed by atoms with van der Waals surface area (Å²) in [6.45, 7) is 3.83. The predicted molar refractivity (Wildman–Crippen MR) is 66.4 cm³/mol. The molecule has 0 aliphatic rings. The average Bonchev–Trinajstić information content (AvgIpc) is 2.29. The zero-order valence-corrected chi connectivity index (χ0v) is 10.2. The number of rotatable bonds is 5. The van der Waals surface area contributed by atoms with Gasteiger partial charge in [-0.25, -0.2) is 0 Å². The molecule has 1 rings (SSSR count). The first-order chi connectivity index (χ1) is 8.13. The summed E-state index contributed by atoms with van der Waals surface area (Å²) in [6, 6.07) is 9.12. The van der Waals surface area contributed by atoms with Gasteiger partial charge in [-0.3, -0.25) is 9.59 Å². The number of hydrogen-bond acceptors (Lipinski definition) is 2. The Hall–Kier alpha value is -1.84. The fraction of sp³-hybridized carbons (Fsp3) is 0.385. The molecule has 0 spiro atoms. The van der Waals surface area contributed by atoms with Crippen molar-refractivity contribution in [2.45, 2.75) is 26.3 Å². The molecule has 4 heteroatoms. The lowest BCUT2D eigenvalue weighted by Gasteiger charge is -2.17. The van der Waals surface area contributed by atoms with Crippen LogP contribution in [0, 0.1) is 0 Å². The van der Waals surface area contributed by atoms with Crippen LogP contribution in [-0.2, 0) is 16.0 Å². The van der Waals surface area contributed by atoms with Crippen molar-refractivity contribution in [1.82, 2.24) is 10.6 Å². The topological polar surface area (TPSA) is 58.2 Å². The molecular weight excluding hydrogens is 216 g/mol. The van der Waals surface area contributed by atoms with Crippen LogP contribution in [0.5, 0.6) is 0 Å². The van der Waals surface area contributed by atoms with Crippen molar-refractivity contribution in [2.24, 2.45) is 0 Å². The van der Waals surface area contributed by atoms with Gasteiger partial charge in [0, 0.05) is 19.9 Å². The molecule has 0 bridgehead atoms. The Morgan fingerprint density at radius 3 is 2.41 bits per heavy atom. The molecule has 0 fully saturated rings. The van der Waals surface area contributed by atoms with Crippen LogP contribution in [0.15, 0.2) is 30.3 Å². The lowest BCUT2D eigenvalue weighted by Crippen LogP contribution is -2.47. The third-order valence-corrected chi connectivity index (χ3v) is 2.33. The van der Waals surface area contributed by atoms with Crippen molar-refractivity contribution in [2.75, 3.05) is 6.54 Å². The third kappa shape index (κ3) is 4.68. The Balaban J connectivity index is 2.70. The Morgan fingerprint density at radius 2 is 1.88 bits per heavy atom. The van der Waals surface area contributed by atoms with Crippen molar-refractivity contribution in [3.63, 3.8) is 0 Å². The van der Waals surface area contributed by atoms with Crippen molar-refractivity contribution in [3.8, 4) is 0 Å². The Kier molecular flexibility index (Phi) is 5.20. The van der Waals surface area contributed by atoms with Crippen LogP contribution in [0.25, 0.3) is 0 Å². The van der Waals surface area contributed by atoms with Crippen molar-refractivity contribution < 1.29 is 9.59 Å². The maximum atomic E-state index is 11.8. The highest BCUT2D eigenvalue weighted by Crippen LogP contribution is 2.03. The summed E-state index contributed by atoms with van der Waals surface area (Å²) in [5, 5.41) is 5.38. The fourth-order valence-corrected chi connectivity index (χ4v) is 1.60. The smallest absolute Gasteiger partial charge is 0.242 e. The van der Waals surface area contributed by atoms with E-state index in [0.29, 0.717) is 13.0 Å². The number of nitrogens with one attached hydrogen (secondary N) is 2. The van der Waals surface area contributed by atoms with E-state index < -0.39 is 6.04 Å². The first-order valence-electron chi connectivity index (χ1n) is 5.72. The zero-order chi connectivity index (χ0) is 12.7. The summed E-state index contributed by atoms with van der Waals surface area (Å²) < 4.78 is 0. The second-order valence-electron chi connectivity index (χ2n) is 3.84. The van der Waals surface area contributed by atoms with E-state index in [1.54, 1.807) is 0 Å². The maximum Gasteiger partial charge on any atom is 0.242 e. The van der Waals surface area contributed by atoms with Gasteiger partial charge in [-0.05, 0) is 12.5 Å². The van der Waals surface area contributed by atoms with Crippen LogP contribution in [0.2, 0.25) is 0 Å². The highest BCUT2D eigenvalue weighted by molar-refractivity contribution is 5.87. The maximum absolute atomic E-state index is 11.8. The summed E-state index contributed by atoms with van der Waals surface area (Å²) in [5.41, 5.74) is 1.03. The van der Waals surface area contributed by atoms with Gasteiger partial charge in [0.15, 0.2) is 0 Å². The van der Waals surface area contributed by atoms with Crippen LogP contribution in [0.3, 0.4) is 0 Å². The summed E-state index contributed by atoms with van der Waals surface area (Å²) in [5.74, 6) is -0.344. The highest BCUT2D eigenvalue weighted by Gasteiger charge is 2.18. The van der Waals surface area contributed by atoms with E-state index in [9.17, 15) is 9.59 Å². The molecule has 92 valence electrons. The molecule has 4 nitrogen and oxygen atoms in total. The Labute approximate surface area is 101 Å². The largest absolute Gasteiger partial charge is 0.355 e. The average molecular weight is 234 g/mol. The number of amides is 2. The molecule has 1 atom stereocenters. The molecule has 0 aliphatic carbocycles. The summed E-state index contributed by atoms with van der Waals surface area (Å²) in [6.07, 6.45) is 0.506. The number of hydrogen-bond donors (Lipinski definition) is 2. The molecule has 17 heavy (non-hydrogen) atoms. The Morgan fingerprint density at radius 1 is 1.24 bits per heavy atom. The predicted octanol–water partition coefficient (Wildman–Crippen LogP) is 0.870. The second kappa shape index (κ2) is 6.68. The number of carbonyl (C=O) groups excluding carboxylic acids is 2. The van der Waals surface area contributed by atoms with Crippen LogP contribution >= 0.6 is 0 Å². The van der Waals surface area contributed by atoms with E-state index in [2.05, 4.69) is 10.6 Å². The van der Waals surface area contributed by atoms with Gasteiger partial charge < -0.3 is 10.6 Å². The number of carbonyl (C=O) groups is 2. The summed E-state index contributed by atoms with van der Waals surface area (Å²) >= 11 is 0. The van der Waals surface area contributed by atoms with Gasteiger partial charge in [0.2, 0.25) is 11.8 Å². The molecular formula is C13H18N2O2. The van der Waals surface area contributed by atoms with Crippen molar-refractivity contribution >= 4 is 11.8 Å². The zero-order valence-electron chi connectivity index (χ0n) is 10.2. The molecule has 1 aromatic carbocycles. The van der Waals surface area contributed by atoms with Gasteiger partial charge >= 0.3 is 0 Å². The van der Waals surface area contributed by atoms with Gasteiger partial charge in [0.25, 0.3) is 0 Å². The molecule has 2 amide bonds. The third-order valence-electron chi connectivity index (χ3n) is 2.33. The second-order valence-corrected chi connectivity index (χ2v) is 3.84. The summed E-state index contributed by atoms with van der Waals surface area (Å²) in [4.78, 5) is 22.8. The molecule has 0 unspecified atom stereocenters. The molecule has 2 N–H and O–H groups in total. The minimum atomic E-state index is -0.505. The molecule has 0 saturated heterocycles. The van der Waals surface area contributed by atoms with Crippen molar-refractivity contribution in [3.05, 3.63) is 35.9 Å². The minimum absolute atomic E-state index is 0.147. The van der Waals surface area contributed by atoms with Gasteiger partial charge in [0.05, 0.1) is 0 Å². The first kappa shape index (κ1) is 13.2. The van der Waals surface area contributed by atoms with E-state index >= 15 is 0 Å². The minimum Gasteiger partial charge on any atom is -0.355 e. The molecule has 0 aliphatic heterocycles. The highest BCUT2D eigenvalue weighted by atomic mass is 16.2. The van der Waals surface area contributed by atoms with Gasteiger partial charge in [-0.1, -0.05) is 30.3 Å². The van der Waals surface area contributed by atoms with Crippen molar-refractivity contribution in [1.29, 1.82) is 0 Å². The van der Waals surface area contributed by atoms with E-state index in [-0.39, 0.29) is 11.8 Å². The van der Waals surface area contributed by atoms with Crippen LogP contribution < -0.4 is 10.6 Å². The fourth-order valence-electron chi connectivity index (χ4n) is 1.60. The summed E-state index contributed by atoms with van der Waals surface area (Å²) in [7, 11) is 0. The molecule has 0 heterocycles. The standard InChI is InChI=1S/C13H18N2O2/c1-3-14-13(17)12(15-10(2)16)9-11-7-5-4-6-8-11/h4-8,12H,3,9H2,1-2H3,(H,14,17)(H,15,16)/t12-/m0/s1. The SMILES string of the molecule is CCNC(=O)[C@H](Cc1ccccc1)NC(C)=O. The van der Waals surface area contributed by atoms with Crippen LogP contribution in [0.1, 0.15) is 19.4 Å². The Bertz CT molecular complexity index is 376. The molecule has 0 radical (unpaired) electrons. The normalized spacial score (nSPS) is 11.6. The number of benzene rings is 1. The van der Waals surface area contributed by atoms with E-state index in [1.165, 1.54) is 6.92 Å². The quantitative estimate of drug-likeness (QED) is 0.794. The first-order valence-corrected chi connectivity index (χ1v) is 5.72. The van der Waals surface area contributed by atoms with E-state index in [4.69, 9.17) is 0 Å². The van der Waals surface area contributed by atoms with Gasteiger partial charge in [-0.15, -0.1) is 0 Å². The van der Waals surface area contributed by atoms with E-state index in [0.717, 1.165) is 5.56 Å². The van der Waals surface area contributed by atoms with Gasteiger partial charge in [0.1, 0.15) is 6.04 Å².